The highest BCUT2D eigenvalue weighted by molar-refractivity contribution is 5.68. The number of benzene rings is 1. The number of β-amino-alcohol motifs (C(OH)–C–C–N with tert-alkyl or cyclic N) is 1. The first kappa shape index (κ1) is 11.9. The molecule has 17 heavy (non-hydrogen) atoms. The van der Waals surface area contributed by atoms with E-state index >= 15 is 0 Å². The van der Waals surface area contributed by atoms with Gasteiger partial charge in [0.1, 0.15) is 0 Å². The second-order valence-corrected chi connectivity index (χ2v) is 4.34. The molecule has 0 aromatic heterocycles. The number of aliphatic hydroxyl groups excluding tert-OH is 1. The van der Waals surface area contributed by atoms with Crippen molar-refractivity contribution in [3.8, 4) is 0 Å². The van der Waals surface area contributed by atoms with Crippen molar-refractivity contribution in [2.45, 2.75) is 19.4 Å². The third-order valence-corrected chi connectivity index (χ3v) is 2.91. The zero-order valence-corrected chi connectivity index (χ0v) is 9.93. The van der Waals surface area contributed by atoms with E-state index in [1.807, 2.05) is 31.2 Å². The summed E-state index contributed by atoms with van der Waals surface area (Å²) < 4.78 is 4.92. The summed E-state index contributed by atoms with van der Waals surface area (Å²) in [5.41, 5.74) is 1.98. The van der Waals surface area contributed by atoms with Gasteiger partial charge in [-0.2, -0.15) is 0 Å². The summed E-state index contributed by atoms with van der Waals surface area (Å²) in [6, 6.07) is 7.67. The van der Waals surface area contributed by atoms with E-state index < -0.39 is 6.10 Å². The van der Waals surface area contributed by atoms with E-state index in [0.717, 1.165) is 17.5 Å². The van der Waals surface area contributed by atoms with E-state index in [9.17, 15) is 9.90 Å². The van der Waals surface area contributed by atoms with Crippen LogP contribution in [0, 0.1) is 6.92 Å². The first-order chi connectivity index (χ1) is 8.16. The fourth-order valence-corrected chi connectivity index (χ4v) is 1.87. The van der Waals surface area contributed by atoms with Crippen molar-refractivity contribution in [1.82, 2.24) is 4.90 Å². The van der Waals surface area contributed by atoms with Crippen LogP contribution in [0.25, 0.3) is 0 Å². The number of rotatable bonds is 3. The van der Waals surface area contributed by atoms with Crippen LogP contribution in [0.4, 0.5) is 4.79 Å². The van der Waals surface area contributed by atoms with Gasteiger partial charge in [-0.05, 0) is 18.9 Å². The molecular formula is C13H17NO3. The Bertz CT molecular complexity index is 388. The maximum atomic E-state index is 11.4. The summed E-state index contributed by atoms with van der Waals surface area (Å²) >= 11 is 0. The molecule has 4 nitrogen and oxygen atoms in total. The lowest BCUT2D eigenvalue weighted by Crippen LogP contribution is -2.40. The van der Waals surface area contributed by atoms with Crippen LogP contribution in [0.5, 0.6) is 0 Å². The minimum atomic E-state index is -0.652. The monoisotopic (exact) mass is 235 g/mol. The zero-order chi connectivity index (χ0) is 12.3. The summed E-state index contributed by atoms with van der Waals surface area (Å²) in [6.07, 6.45) is -0.157. The molecule has 0 spiro atoms. The molecule has 1 N–H and O–H groups in total. The molecule has 1 heterocycles. The molecule has 1 fully saturated rings. The normalized spacial score (nSPS) is 17.8. The molecule has 1 aliphatic heterocycles. The van der Waals surface area contributed by atoms with E-state index in [1.165, 1.54) is 0 Å². The highest BCUT2D eigenvalue weighted by Crippen LogP contribution is 2.17. The number of carbonyl (C=O) groups excluding carboxylic acids is 1. The fourth-order valence-electron chi connectivity index (χ4n) is 1.87. The van der Waals surface area contributed by atoms with Crippen LogP contribution in [-0.2, 0) is 4.74 Å². The van der Waals surface area contributed by atoms with E-state index in [1.54, 1.807) is 4.90 Å². The van der Waals surface area contributed by atoms with Gasteiger partial charge in [0.05, 0.1) is 19.3 Å². The van der Waals surface area contributed by atoms with Gasteiger partial charge in [0.25, 0.3) is 0 Å². The van der Waals surface area contributed by atoms with Crippen LogP contribution in [0.3, 0.4) is 0 Å². The number of aryl methyl sites for hydroxylation is 1. The molecule has 1 amide bonds. The number of nitrogens with zero attached hydrogens (tertiary/aromatic N) is 1. The van der Waals surface area contributed by atoms with Crippen LogP contribution in [0.15, 0.2) is 24.3 Å². The molecular weight excluding hydrogens is 218 g/mol. The fraction of sp³-hybridized carbons (Fsp3) is 0.462. The molecule has 0 aliphatic carbocycles. The maximum Gasteiger partial charge on any atom is 0.409 e. The Balaban J connectivity index is 1.98. The number of hydrogen-bond donors (Lipinski definition) is 1. The van der Waals surface area contributed by atoms with Crippen molar-refractivity contribution in [3.63, 3.8) is 0 Å². The Labute approximate surface area is 101 Å². The molecule has 0 radical (unpaired) electrons. The Morgan fingerprint density at radius 2 is 2.12 bits per heavy atom. The highest BCUT2D eigenvalue weighted by Gasteiger charge is 2.22. The third kappa shape index (κ3) is 2.97. The number of ether oxygens (including phenoxy) is 1. The number of carbonyl (C=O) groups is 1. The Morgan fingerprint density at radius 3 is 2.76 bits per heavy atom. The quantitative estimate of drug-likeness (QED) is 0.870. The minimum Gasteiger partial charge on any atom is -0.449 e. The van der Waals surface area contributed by atoms with Crippen molar-refractivity contribution < 1.29 is 14.6 Å². The third-order valence-electron chi connectivity index (χ3n) is 2.91. The smallest absolute Gasteiger partial charge is 0.409 e. The molecule has 4 heteroatoms. The van der Waals surface area contributed by atoms with Gasteiger partial charge >= 0.3 is 6.09 Å². The summed E-state index contributed by atoms with van der Waals surface area (Å²) in [7, 11) is 0. The standard InChI is InChI=1S/C13H17NO3/c1-10-3-5-11(6-4-10)12(15)9-14-7-2-8-17-13(14)16/h3-6,12,15H,2,7-9H2,1H3. The van der Waals surface area contributed by atoms with Crippen molar-refractivity contribution in [2.75, 3.05) is 19.7 Å². The first-order valence-corrected chi connectivity index (χ1v) is 5.83. The van der Waals surface area contributed by atoms with E-state index in [4.69, 9.17) is 4.74 Å². The molecule has 1 aromatic carbocycles. The van der Waals surface area contributed by atoms with Crippen molar-refractivity contribution in [3.05, 3.63) is 35.4 Å². The van der Waals surface area contributed by atoms with Gasteiger partial charge in [-0.25, -0.2) is 4.79 Å². The number of cyclic esters (lactones) is 1. The van der Waals surface area contributed by atoms with Gasteiger partial charge in [-0.1, -0.05) is 29.8 Å². The average Bonchev–Trinajstić information content (AvgIpc) is 2.33. The van der Waals surface area contributed by atoms with Gasteiger partial charge < -0.3 is 14.7 Å². The number of amides is 1. The predicted octanol–water partition coefficient (Wildman–Crippen LogP) is 1.87. The molecule has 1 saturated heterocycles. The van der Waals surface area contributed by atoms with Crippen LogP contribution < -0.4 is 0 Å². The average molecular weight is 235 g/mol. The molecule has 2 rings (SSSR count). The lowest BCUT2D eigenvalue weighted by Gasteiger charge is -2.28. The van der Waals surface area contributed by atoms with E-state index in [0.29, 0.717) is 19.7 Å². The van der Waals surface area contributed by atoms with E-state index in [-0.39, 0.29) is 6.09 Å². The minimum absolute atomic E-state index is 0.294. The van der Waals surface area contributed by atoms with Crippen LogP contribution in [-0.4, -0.2) is 35.8 Å². The molecule has 1 atom stereocenters. The molecule has 1 aliphatic rings. The highest BCUT2D eigenvalue weighted by atomic mass is 16.6. The van der Waals surface area contributed by atoms with E-state index in [2.05, 4.69) is 0 Å². The number of aliphatic hydroxyl groups is 1. The van der Waals surface area contributed by atoms with Crippen molar-refractivity contribution in [2.24, 2.45) is 0 Å². The summed E-state index contributed by atoms with van der Waals surface area (Å²) in [5.74, 6) is 0. The topological polar surface area (TPSA) is 49.8 Å². The lowest BCUT2D eigenvalue weighted by molar-refractivity contribution is 0.0475. The summed E-state index contributed by atoms with van der Waals surface area (Å²) in [5, 5.41) is 10.0. The molecule has 0 saturated carbocycles. The van der Waals surface area contributed by atoms with Gasteiger partial charge in [-0.15, -0.1) is 0 Å². The van der Waals surface area contributed by atoms with Gasteiger partial charge in [0, 0.05) is 6.54 Å². The molecule has 0 bridgehead atoms. The van der Waals surface area contributed by atoms with Crippen LogP contribution in [0.2, 0.25) is 0 Å². The van der Waals surface area contributed by atoms with Crippen molar-refractivity contribution in [1.29, 1.82) is 0 Å². The van der Waals surface area contributed by atoms with Gasteiger partial charge in [0.2, 0.25) is 0 Å². The first-order valence-electron chi connectivity index (χ1n) is 5.83. The summed E-state index contributed by atoms with van der Waals surface area (Å²) in [4.78, 5) is 13.0. The second kappa shape index (κ2) is 5.19. The Morgan fingerprint density at radius 1 is 1.41 bits per heavy atom. The van der Waals surface area contributed by atoms with Gasteiger partial charge in [-0.3, -0.25) is 0 Å². The second-order valence-electron chi connectivity index (χ2n) is 4.34. The zero-order valence-electron chi connectivity index (χ0n) is 9.93. The van der Waals surface area contributed by atoms with Crippen LogP contribution >= 0.6 is 0 Å². The summed E-state index contributed by atoms with van der Waals surface area (Å²) in [6.45, 7) is 3.43. The van der Waals surface area contributed by atoms with Crippen molar-refractivity contribution >= 4 is 6.09 Å². The SMILES string of the molecule is Cc1ccc(C(O)CN2CCCOC2=O)cc1. The van der Waals surface area contributed by atoms with Gasteiger partial charge in [0.15, 0.2) is 0 Å². The molecule has 92 valence electrons. The Kier molecular flexibility index (Phi) is 3.64. The Hall–Kier alpha value is -1.55. The maximum absolute atomic E-state index is 11.4. The number of hydrogen-bond acceptors (Lipinski definition) is 3. The predicted molar refractivity (Wildman–Crippen MR) is 63.7 cm³/mol. The largest absolute Gasteiger partial charge is 0.449 e. The van der Waals surface area contributed by atoms with Crippen LogP contribution in [0.1, 0.15) is 23.7 Å². The molecule has 1 unspecified atom stereocenters. The molecule has 1 aromatic rings. The lowest BCUT2D eigenvalue weighted by atomic mass is 10.1.